The molecule has 0 amide bonds. The van der Waals surface area contributed by atoms with E-state index >= 15 is 0 Å². The van der Waals surface area contributed by atoms with E-state index in [4.69, 9.17) is 0 Å². The molecular formula is C13H22N2O. The lowest BCUT2D eigenvalue weighted by Gasteiger charge is -2.29. The van der Waals surface area contributed by atoms with Crippen molar-refractivity contribution in [3.63, 3.8) is 0 Å². The molecule has 0 bridgehead atoms. The third kappa shape index (κ3) is 3.20. The van der Waals surface area contributed by atoms with Gasteiger partial charge in [0.1, 0.15) is 5.82 Å². The minimum absolute atomic E-state index is 0.0213. The van der Waals surface area contributed by atoms with Crippen molar-refractivity contribution in [1.82, 2.24) is 4.98 Å². The number of hydrogen-bond acceptors (Lipinski definition) is 3. The molecule has 0 saturated carbocycles. The summed E-state index contributed by atoms with van der Waals surface area (Å²) in [5, 5.41) is 12.7. The average molecular weight is 222 g/mol. The van der Waals surface area contributed by atoms with Crippen LogP contribution in [0.25, 0.3) is 0 Å². The summed E-state index contributed by atoms with van der Waals surface area (Å²) in [5.41, 5.74) is 1.14. The molecule has 16 heavy (non-hydrogen) atoms. The van der Waals surface area contributed by atoms with Crippen LogP contribution in [0.2, 0.25) is 0 Å². The smallest absolute Gasteiger partial charge is 0.125 e. The molecule has 3 nitrogen and oxygen atoms in total. The van der Waals surface area contributed by atoms with Crippen LogP contribution in [0.4, 0.5) is 5.82 Å². The molecule has 0 saturated heterocycles. The van der Waals surface area contributed by atoms with Crippen molar-refractivity contribution in [2.45, 2.75) is 33.6 Å². The van der Waals surface area contributed by atoms with Crippen LogP contribution in [0.1, 0.15) is 32.3 Å². The predicted molar refractivity (Wildman–Crippen MR) is 67.6 cm³/mol. The van der Waals surface area contributed by atoms with E-state index in [1.807, 2.05) is 25.3 Å². The molecule has 1 rings (SSSR count). The average Bonchev–Trinajstić information content (AvgIpc) is 2.34. The predicted octanol–water partition coefficient (Wildman–Crippen LogP) is 2.60. The number of pyridine rings is 1. The molecule has 0 aliphatic heterocycles. The molecule has 90 valence electrons. The van der Waals surface area contributed by atoms with Gasteiger partial charge in [-0.05, 0) is 31.4 Å². The molecule has 3 heteroatoms. The Morgan fingerprint density at radius 1 is 1.31 bits per heavy atom. The fourth-order valence-corrected chi connectivity index (χ4v) is 1.63. The minimum Gasteiger partial charge on any atom is -0.396 e. The van der Waals surface area contributed by atoms with E-state index in [0.717, 1.165) is 30.8 Å². The van der Waals surface area contributed by atoms with Gasteiger partial charge in [-0.1, -0.05) is 19.9 Å². The zero-order chi connectivity index (χ0) is 12.0. The summed E-state index contributed by atoms with van der Waals surface area (Å²) in [4.78, 5) is 4.29. The Morgan fingerprint density at radius 3 is 2.44 bits per heavy atom. The molecule has 0 spiro atoms. The fraction of sp³-hybridized carbons (Fsp3) is 0.615. The van der Waals surface area contributed by atoms with Crippen molar-refractivity contribution in [2.24, 2.45) is 5.41 Å². The highest BCUT2D eigenvalue weighted by Gasteiger charge is 2.24. The lowest BCUT2D eigenvalue weighted by molar-refractivity contribution is 0.127. The van der Waals surface area contributed by atoms with E-state index in [1.165, 1.54) is 0 Å². The van der Waals surface area contributed by atoms with Crippen LogP contribution >= 0.6 is 0 Å². The lowest BCUT2D eigenvalue weighted by Crippen LogP contribution is -2.32. The van der Waals surface area contributed by atoms with E-state index in [2.05, 4.69) is 24.1 Å². The van der Waals surface area contributed by atoms with Gasteiger partial charge in [0.15, 0.2) is 0 Å². The van der Waals surface area contributed by atoms with Crippen LogP contribution in [0, 0.1) is 12.3 Å². The van der Waals surface area contributed by atoms with E-state index in [0.29, 0.717) is 0 Å². The number of rotatable bonds is 6. The number of hydrogen-bond donors (Lipinski definition) is 2. The van der Waals surface area contributed by atoms with Gasteiger partial charge in [0.2, 0.25) is 0 Å². The molecule has 0 unspecified atom stereocenters. The summed E-state index contributed by atoms with van der Waals surface area (Å²) in [5.74, 6) is 0.880. The van der Waals surface area contributed by atoms with Gasteiger partial charge in [-0.3, -0.25) is 0 Å². The molecule has 2 N–H and O–H groups in total. The first kappa shape index (κ1) is 13.0. The van der Waals surface area contributed by atoms with E-state index in [-0.39, 0.29) is 12.0 Å². The number of aromatic nitrogens is 1. The second-order valence-corrected chi connectivity index (χ2v) is 4.44. The molecule has 0 atom stereocenters. The monoisotopic (exact) mass is 222 g/mol. The highest BCUT2D eigenvalue weighted by atomic mass is 16.3. The van der Waals surface area contributed by atoms with Crippen molar-refractivity contribution < 1.29 is 5.11 Å². The zero-order valence-electron chi connectivity index (χ0n) is 10.5. The van der Waals surface area contributed by atoms with Gasteiger partial charge in [0.05, 0.1) is 6.61 Å². The quantitative estimate of drug-likeness (QED) is 0.777. The highest BCUT2D eigenvalue weighted by Crippen LogP contribution is 2.25. The summed E-state index contributed by atoms with van der Waals surface area (Å²) >= 11 is 0. The summed E-state index contributed by atoms with van der Waals surface area (Å²) in [7, 11) is 0. The maximum atomic E-state index is 9.44. The Bertz CT molecular complexity index is 296. The maximum Gasteiger partial charge on any atom is 0.125 e. The first-order valence-electron chi connectivity index (χ1n) is 5.93. The van der Waals surface area contributed by atoms with Crippen molar-refractivity contribution in [3.8, 4) is 0 Å². The Hall–Kier alpha value is -1.09. The first-order chi connectivity index (χ1) is 7.65. The van der Waals surface area contributed by atoms with Crippen LogP contribution in [0.5, 0.6) is 0 Å². The van der Waals surface area contributed by atoms with Gasteiger partial charge in [-0.2, -0.15) is 0 Å². The topological polar surface area (TPSA) is 45.1 Å². The maximum absolute atomic E-state index is 9.44. The molecule has 0 fully saturated rings. The van der Waals surface area contributed by atoms with Gasteiger partial charge in [0, 0.05) is 18.2 Å². The molecule has 0 aliphatic carbocycles. The molecule has 1 aromatic rings. The number of aryl methyl sites for hydroxylation is 1. The largest absolute Gasteiger partial charge is 0.396 e. The van der Waals surface area contributed by atoms with Crippen LogP contribution in [0.3, 0.4) is 0 Å². The minimum atomic E-state index is -0.0213. The molecule has 1 heterocycles. The van der Waals surface area contributed by atoms with E-state index < -0.39 is 0 Å². The molecule has 0 aliphatic rings. The zero-order valence-corrected chi connectivity index (χ0v) is 10.5. The normalized spacial score (nSPS) is 11.5. The van der Waals surface area contributed by atoms with Gasteiger partial charge in [-0.25, -0.2) is 4.98 Å². The number of nitrogens with zero attached hydrogens (tertiary/aromatic N) is 1. The number of aliphatic hydroxyl groups excluding tert-OH is 1. The number of nitrogens with one attached hydrogen (secondary N) is 1. The molecular weight excluding hydrogens is 200 g/mol. The highest BCUT2D eigenvalue weighted by molar-refractivity contribution is 5.35. The second kappa shape index (κ2) is 5.85. The Morgan fingerprint density at radius 2 is 2.00 bits per heavy atom. The fourth-order valence-electron chi connectivity index (χ4n) is 1.63. The Kier molecular flexibility index (Phi) is 4.74. The summed E-state index contributed by atoms with van der Waals surface area (Å²) in [6.07, 6.45) is 3.79. The Labute approximate surface area is 97.9 Å². The van der Waals surface area contributed by atoms with E-state index in [9.17, 15) is 5.11 Å². The molecule has 0 radical (unpaired) electrons. The SMILES string of the molecule is CCC(CC)(CO)CNc1ccc(C)cn1. The number of anilines is 1. The van der Waals surface area contributed by atoms with Crippen molar-refractivity contribution >= 4 is 5.82 Å². The summed E-state index contributed by atoms with van der Waals surface area (Å²) in [6.45, 7) is 7.24. The number of aliphatic hydroxyl groups is 1. The standard InChI is InChI=1S/C13H22N2O/c1-4-13(5-2,10-16)9-15-12-7-6-11(3)8-14-12/h6-8,16H,4-5,9-10H2,1-3H3,(H,14,15). The molecule has 1 aromatic heterocycles. The van der Waals surface area contributed by atoms with Crippen molar-refractivity contribution in [1.29, 1.82) is 0 Å². The molecule has 0 aromatic carbocycles. The third-order valence-electron chi connectivity index (χ3n) is 3.39. The van der Waals surface area contributed by atoms with Crippen molar-refractivity contribution in [2.75, 3.05) is 18.5 Å². The van der Waals surface area contributed by atoms with Gasteiger partial charge in [0.25, 0.3) is 0 Å². The second-order valence-electron chi connectivity index (χ2n) is 4.44. The lowest BCUT2D eigenvalue weighted by atomic mass is 9.83. The first-order valence-corrected chi connectivity index (χ1v) is 5.93. The summed E-state index contributed by atoms with van der Waals surface area (Å²) < 4.78 is 0. The van der Waals surface area contributed by atoms with Gasteiger partial charge in [-0.15, -0.1) is 0 Å². The van der Waals surface area contributed by atoms with Crippen LogP contribution in [-0.2, 0) is 0 Å². The Balaban J connectivity index is 2.58. The van der Waals surface area contributed by atoms with Crippen molar-refractivity contribution in [3.05, 3.63) is 23.9 Å². The summed E-state index contributed by atoms with van der Waals surface area (Å²) in [6, 6.07) is 4.01. The van der Waals surface area contributed by atoms with Gasteiger partial charge < -0.3 is 10.4 Å². The van der Waals surface area contributed by atoms with E-state index in [1.54, 1.807) is 0 Å². The van der Waals surface area contributed by atoms with Crippen LogP contribution < -0.4 is 5.32 Å². The van der Waals surface area contributed by atoms with Crippen LogP contribution in [-0.4, -0.2) is 23.2 Å². The van der Waals surface area contributed by atoms with Crippen LogP contribution in [0.15, 0.2) is 18.3 Å². The third-order valence-corrected chi connectivity index (χ3v) is 3.39. The van der Waals surface area contributed by atoms with Gasteiger partial charge >= 0.3 is 0 Å².